The Bertz CT molecular complexity index is 503. The van der Waals surface area contributed by atoms with Crippen LogP contribution < -0.4 is 4.74 Å². The Hall–Kier alpha value is -1.80. The van der Waals surface area contributed by atoms with E-state index >= 15 is 0 Å². The highest BCUT2D eigenvalue weighted by Gasteiger charge is 2.03. The maximum absolute atomic E-state index is 8.76. The van der Waals surface area contributed by atoms with Gasteiger partial charge in [-0.3, -0.25) is 0 Å². The highest BCUT2D eigenvalue weighted by molar-refractivity contribution is 5.94. The average molecular weight is 214 g/mol. The summed E-state index contributed by atoms with van der Waals surface area (Å²) < 4.78 is 5.48. The van der Waals surface area contributed by atoms with Crippen LogP contribution in [0.25, 0.3) is 16.8 Å². The molecule has 0 saturated heterocycles. The molecule has 0 fully saturated rings. The second kappa shape index (κ2) is 4.81. The number of aliphatic hydroxyl groups excluding tert-OH is 1. The van der Waals surface area contributed by atoms with Crippen LogP contribution in [-0.2, 0) is 0 Å². The van der Waals surface area contributed by atoms with Gasteiger partial charge in [-0.1, -0.05) is 43.0 Å². The predicted molar refractivity (Wildman–Crippen MR) is 66.6 cm³/mol. The summed E-state index contributed by atoms with van der Waals surface area (Å²) in [7, 11) is 0. The Morgan fingerprint density at radius 2 is 1.88 bits per heavy atom. The van der Waals surface area contributed by atoms with Gasteiger partial charge in [0.15, 0.2) is 0 Å². The topological polar surface area (TPSA) is 29.5 Å². The van der Waals surface area contributed by atoms with Crippen molar-refractivity contribution in [2.24, 2.45) is 0 Å². The molecule has 0 unspecified atom stereocenters. The normalized spacial score (nSPS) is 10.3. The minimum absolute atomic E-state index is 0.0253. The van der Waals surface area contributed by atoms with Crippen LogP contribution in [0, 0.1) is 0 Å². The smallest absolute Gasteiger partial charge is 0.127 e. The Labute approximate surface area is 94.8 Å². The van der Waals surface area contributed by atoms with E-state index in [9.17, 15) is 0 Å². The van der Waals surface area contributed by atoms with Crippen LogP contribution in [0.1, 0.15) is 5.56 Å². The van der Waals surface area contributed by atoms with Crippen molar-refractivity contribution in [3.05, 3.63) is 48.5 Å². The summed E-state index contributed by atoms with van der Waals surface area (Å²) in [6.07, 6.45) is 1.83. The van der Waals surface area contributed by atoms with Crippen LogP contribution in [0.15, 0.2) is 43.0 Å². The number of aliphatic hydroxyl groups is 1. The lowest BCUT2D eigenvalue weighted by Crippen LogP contribution is -2.01. The van der Waals surface area contributed by atoms with E-state index in [-0.39, 0.29) is 6.61 Å². The van der Waals surface area contributed by atoms with Gasteiger partial charge in [-0.2, -0.15) is 0 Å². The summed E-state index contributed by atoms with van der Waals surface area (Å²) in [6.45, 7) is 4.13. The van der Waals surface area contributed by atoms with Gasteiger partial charge < -0.3 is 9.84 Å². The number of benzene rings is 2. The molecule has 2 rings (SSSR count). The quantitative estimate of drug-likeness (QED) is 0.848. The van der Waals surface area contributed by atoms with Gasteiger partial charge in [-0.25, -0.2) is 0 Å². The zero-order valence-corrected chi connectivity index (χ0v) is 9.02. The second-order valence-electron chi connectivity index (χ2n) is 3.47. The third-order valence-electron chi connectivity index (χ3n) is 2.48. The molecular formula is C14H14O2. The molecule has 0 heterocycles. The minimum Gasteiger partial charge on any atom is -0.491 e. The molecule has 0 bridgehead atoms. The maximum Gasteiger partial charge on any atom is 0.127 e. The Morgan fingerprint density at radius 1 is 1.12 bits per heavy atom. The van der Waals surface area contributed by atoms with Crippen molar-refractivity contribution in [1.29, 1.82) is 0 Å². The molecule has 0 aliphatic heterocycles. The number of ether oxygens (including phenoxy) is 1. The first kappa shape index (κ1) is 10.7. The summed E-state index contributed by atoms with van der Waals surface area (Å²) in [5.41, 5.74) is 1.09. The highest BCUT2D eigenvalue weighted by Crippen LogP contribution is 2.28. The van der Waals surface area contributed by atoms with Crippen molar-refractivity contribution in [3.63, 3.8) is 0 Å². The van der Waals surface area contributed by atoms with E-state index in [0.29, 0.717) is 6.61 Å². The molecule has 2 aromatic rings. The molecule has 0 aromatic heterocycles. The largest absolute Gasteiger partial charge is 0.491 e. The molecule has 0 aliphatic carbocycles. The van der Waals surface area contributed by atoms with Gasteiger partial charge in [0.2, 0.25) is 0 Å². The Kier molecular flexibility index (Phi) is 3.22. The van der Waals surface area contributed by atoms with Gasteiger partial charge in [0, 0.05) is 5.39 Å². The molecular weight excluding hydrogens is 200 g/mol. The van der Waals surface area contributed by atoms with Crippen molar-refractivity contribution >= 4 is 16.8 Å². The summed E-state index contributed by atoms with van der Waals surface area (Å²) in [5.74, 6) is 0.801. The number of fused-ring (bicyclic) bond motifs is 1. The Morgan fingerprint density at radius 3 is 2.62 bits per heavy atom. The van der Waals surface area contributed by atoms with Crippen LogP contribution in [0.3, 0.4) is 0 Å². The fourth-order valence-corrected chi connectivity index (χ4v) is 1.76. The van der Waals surface area contributed by atoms with E-state index in [0.717, 1.165) is 22.1 Å². The minimum atomic E-state index is 0.0253. The maximum atomic E-state index is 8.76. The van der Waals surface area contributed by atoms with Gasteiger partial charge in [0.25, 0.3) is 0 Å². The summed E-state index contributed by atoms with van der Waals surface area (Å²) in [4.78, 5) is 0. The van der Waals surface area contributed by atoms with Gasteiger partial charge >= 0.3 is 0 Å². The van der Waals surface area contributed by atoms with Crippen molar-refractivity contribution in [1.82, 2.24) is 0 Å². The van der Waals surface area contributed by atoms with Crippen LogP contribution in [-0.4, -0.2) is 18.3 Å². The van der Waals surface area contributed by atoms with E-state index < -0.39 is 0 Å². The van der Waals surface area contributed by atoms with Crippen molar-refractivity contribution in [2.75, 3.05) is 13.2 Å². The van der Waals surface area contributed by atoms with E-state index in [1.165, 1.54) is 0 Å². The van der Waals surface area contributed by atoms with Gasteiger partial charge in [0.05, 0.1) is 6.61 Å². The predicted octanol–water partition coefficient (Wildman–Crippen LogP) is 2.85. The molecule has 0 saturated carbocycles. The SMILES string of the molecule is C=Cc1cccc2c(OCCO)cccc12. The van der Waals surface area contributed by atoms with Crippen LogP contribution in [0.4, 0.5) is 0 Å². The molecule has 1 N–H and O–H groups in total. The van der Waals surface area contributed by atoms with Gasteiger partial charge in [-0.15, -0.1) is 0 Å². The second-order valence-corrected chi connectivity index (χ2v) is 3.47. The zero-order valence-electron chi connectivity index (χ0n) is 9.02. The van der Waals surface area contributed by atoms with Crippen LogP contribution >= 0.6 is 0 Å². The molecule has 0 amide bonds. The molecule has 2 aromatic carbocycles. The molecule has 0 spiro atoms. The number of hydrogen-bond donors (Lipinski definition) is 1. The molecule has 16 heavy (non-hydrogen) atoms. The van der Waals surface area contributed by atoms with Crippen LogP contribution in [0.2, 0.25) is 0 Å². The summed E-state index contributed by atoms with van der Waals surface area (Å²) in [5, 5.41) is 10.9. The molecule has 0 radical (unpaired) electrons. The summed E-state index contributed by atoms with van der Waals surface area (Å²) in [6, 6.07) is 11.9. The van der Waals surface area contributed by atoms with E-state index in [4.69, 9.17) is 9.84 Å². The molecule has 82 valence electrons. The lowest BCUT2D eigenvalue weighted by atomic mass is 10.0. The van der Waals surface area contributed by atoms with E-state index in [1.54, 1.807) is 0 Å². The van der Waals surface area contributed by atoms with Gasteiger partial charge in [-0.05, 0) is 17.0 Å². The first-order valence-corrected chi connectivity index (χ1v) is 5.24. The van der Waals surface area contributed by atoms with E-state index in [2.05, 4.69) is 6.58 Å². The fraction of sp³-hybridized carbons (Fsp3) is 0.143. The summed E-state index contributed by atoms with van der Waals surface area (Å²) >= 11 is 0. The zero-order chi connectivity index (χ0) is 11.4. The fourth-order valence-electron chi connectivity index (χ4n) is 1.76. The monoisotopic (exact) mass is 214 g/mol. The third kappa shape index (κ3) is 1.92. The van der Waals surface area contributed by atoms with Crippen LogP contribution in [0.5, 0.6) is 5.75 Å². The first-order valence-electron chi connectivity index (χ1n) is 5.24. The van der Waals surface area contributed by atoms with E-state index in [1.807, 2.05) is 42.5 Å². The lowest BCUT2D eigenvalue weighted by Gasteiger charge is -2.09. The lowest BCUT2D eigenvalue weighted by molar-refractivity contribution is 0.203. The molecule has 2 nitrogen and oxygen atoms in total. The molecule has 2 heteroatoms. The molecule has 0 aliphatic rings. The first-order chi connectivity index (χ1) is 7.86. The number of rotatable bonds is 4. The van der Waals surface area contributed by atoms with Gasteiger partial charge in [0.1, 0.15) is 12.4 Å². The van der Waals surface area contributed by atoms with Crippen molar-refractivity contribution in [3.8, 4) is 5.75 Å². The Balaban J connectivity index is 2.55. The highest BCUT2D eigenvalue weighted by atomic mass is 16.5. The third-order valence-corrected chi connectivity index (χ3v) is 2.48. The average Bonchev–Trinajstić information content (AvgIpc) is 2.35. The van der Waals surface area contributed by atoms with Crippen molar-refractivity contribution < 1.29 is 9.84 Å². The molecule has 0 atom stereocenters. The standard InChI is InChI=1S/C14H14O2/c1-2-11-5-3-7-13-12(11)6-4-8-14(13)16-10-9-15/h2-8,15H,1,9-10H2. The van der Waals surface area contributed by atoms with Crippen molar-refractivity contribution in [2.45, 2.75) is 0 Å². The number of hydrogen-bond acceptors (Lipinski definition) is 2.